The van der Waals surface area contributed by atoms with Crippen molar-refractivity contribution in [2.75, 3.05) is 13.7 Å². The third-order valence-corrected chi connectivity index (χ3v) is 10.2. The summed E-state index contributed by atoms with van der Waals surface area (Å²) in [6, 6.07) is 8.99. The van der Waals surface area contributed by atoms with Crippen molar-refractivity contribution in [2.24, 2.45) is 11.8 Å². The lowest BCUT2D eigenvalue weighted by Crippen LogP contribution is -2.28. The monoisotopic (exact) mass is 366 g/mol. The van der Waals surface area contributed by atoms with Gasteiger partial charge in [-0.05, 0) is 67.6 Å². The van der Waals surface area contributed by atoms with Crippen molar-refractivity contribution in [1.29, 1.82) is 0 Å². The van der Waals surface area contributed by atoms with Gasteiger partial charge in [-0.1, -0.05) is 37.0 Å². The summed E-state index contributed by atoms with van der Waals surface area (Å²) in [7, 11) is 1.32. The quantitative estimate of drug-likeness (QED) is 0.449. The van der Waals surface area contributed by atoms with Gasteiger partial charge in [0.05, 0.1) is 0 Å². The molecule has 0 amide bonds. The first-order valence-electron chi connectivity index (χ1n) is 10.1. The molecule has 1 nitrogen and oxygen atoms in total. The van der Waals surface area contributed by atoms with Crippen LogP contribution in [0.2, 0.25) is 18.1 Å². The summed E-state index contributed by atoms with van der Waals surface area (Å²) in [6.45, 7) is 0.931. The summed E-state index contributed by atoms with van der Waals surface area (Å²) in [6.07, 6.45) is 8.97. The van der Waals surface area contributed by atoms with Crippen molar-refractivity contribution in [3.05, 3.63) is 35.4 Å². The van der Waals surface area contributed by atoms with Crippen LogP contribution in [-0.2, 0) is 4.74 Å². The number of halogens is 2. The average molecular weight is 367 g/mol. The highest BCUT2D eigenvalue weighted by Gasteiger charge is 2.31. The number of ether oxygens (including phenoxy) is 1. The molecule has 3 rings (SSSR count). The lowest BCUT2D eigenvalue weighted by molar-refractivity contribution is 0.198. The molecular formula is C21H32F2OSi. The summed E-state index contributed by atoms with van der Waals surface area (Å²) < 4.78 is 31.8. The minimum Gasteiger partial charge on any atom is -0.385 e. The molecule has 4 heteroatoms. The van der Waals surface area contributed by atoms with Crippen molar-refractivity contribution in [3.8, 4) is 0 Å². The van der Waals surface area contributed by atoms with E-state index in [1.165, 1.54) is 62.4 Å². The van der Waals surface area contributed by atoms with E-state index in [1.807, 2.05) is 0 Å². The van der Waals surface area contributed by atoms with Crippen LogP contribution in [0, 0.1) is 23.5 Å². The van der Waals surface area contributed by atoms with Gasteiger partial charge >= 0.3 is 0 Å². The van der Waals surface area contributed by atoms with E-state index in [4.69, 9.17) is 4.74 Å². The fraction of sp³-hybridized carbons (Fsp3) is 0.714. The highest BCUT2D eigenvalue weighted by Crippen LogP contribution is 2.43. The minimum absolute atomic E-state index is 0.422. The Kier molecular flexibility index (Phi) is 7.06. The van der Waals surface area contributed by atoms with Crippen molar-refractivity contribution >= 4 is 8.80 Å². The Morgan fingerprint density at radius 3 is 2.28 bits per heavy atom. The van der Waals surface area contributed by atoms with Gasteiger partial charge in [0, 0.05) is 22.5 Å². The number of hydrogen-bond donors (Lipinski definition) is 0. The van der Waals surface area contributed by atoms with E-state index in [9.17, 15) is 8.78 Å². The fourth-order valence-corrected chi connectivity index (χ4v) is 8.56. The highest BCUT2D eigenvalue weighted by atomic mass is 28.3. The smallest absolute Gasteiger partial charge is 0.159 e. The molecule has 0 spiro atoms. The van der Waals surface area contributed by atoms with E-state index < -0.39 is 20.4 Å². The molecule has 2 fully saturated rings. The Morgan fingerprint density at radius 1 is 0.960 bits per heavy atom. The molecule has 1 heterocycles. The molecule has 0 N–H and O–H groups in total. The Hall–Kier alpha value is -0.743. The summed E-state index contributed by atoms with van der Waals surface area (Å²) in [5.74, 6) is 0.791. The topological polar surface area (TPSA) is 9.23 Å². The standard InChI is InChI=1S/C21H32F2OSi/c1-24-11-2-12-25-13-9-18(10-14-25)16-3-5-17(6-4-16)19-7-8-20(22)21(23)15-19/h7-8,15-18,25H,2-6,9-14H2,1H3/t16?,17?,18-,25-. The van der Waals surface area contributed by atoms with E-state index in [2.05, 4.69) is 0 Å². The molecule has 1 aromatic carbocycles. The third kappa shape index (κ3) is 5.13. The van der Waals surface area contributed by atoms with Crippen LogP contribution in [-0.4, -0.2) is 22.5 Å². The first-order valence-corrected chi connectivity index (χ1v) is 12.6. The number of benzene rings is 1. The van der Waals surface area contributed by atoms with Crippen molar-refractivity contribution in [1.82, 2.24) is 0 Å². The molecule has 1 aromatic rings. The predicted octanol–water partition coefficient (Wildman–Crippen LogP) is 5.91. The Labute approximate surface area is 152 Å². The molecule has 1 aliphatic heterocycles. The molecule has 0 radical (unpaired) electrons. The number of hydrogen-bond acceptors (Lipinski definition) is 1. The van der Waals surface area contributed by atoms with Gasteiger partial charge in [0.1, 0.15) is 0 Å². The van der Waals surface area contributed by atoms with Crippen LogP contribution in [0.5, 0.6) is 0 Å². The van der Waals surface area contributed by atoms with Gasteiger partial charge in [-0.15, -0.1) is 0 Å². The Bertz CT molecular complexity index is 535. The normalized spacial score (nSPS) is 30.4. The first kappa shape index (κ1) is 19.0. The van der Waals surface area contributed by atoms with Crippen LogP contribution in [0.4, 0.5) is 8.78 Å². The Morgan fingerprint density at radius 2 is 1.64 bits per heavy atom. The van der Waals surface area contributed by atoms with Crippen LogP contribution in [0.1, 0.15) is 56.4 Å². The molecule has 1 aliphatic carbocycles. The zero-order valence-corrected chi connectivity index (χ0v) is 16.6. The van der Waals surface area contributed by atoms with Crippen LogP contribution in [0.25, 0.3) is 0 Å². The second-order valence-corrected chi connectivity index (χ2v) is 11.7. The average Bonchev–Trinajstić information content (AvgIpc) is 2.65. The summed E-state index contributed by atoms with van der Waals surface area (Å²) in [5, 5.41) is 0. The molecular weight excluding hydrogens is 334 g/mol. The van der Waals surface area contributed by atoms with E-state index in [1.54, 1.807) is 13.2 Å². The number of rotatable bonds is 6. The summed E-state index contributed by atoms with van der Waals surface area (Å²) >= 11 is 0. The van der Waals surface area contributed by atoms with Gasteiger partial charge in [0.25, 0.3) is 0 Å². The second-order valence-electron chi connectivity index (χ2n) is 8.20. The molecule has 1 saturated carbocycles. The van der Waals surface area contributed by atoms with Gasteiger partial charge in [0.2, 0.25) is 0 Å². The van der Waals surface area contributed by atoms with Crippen LogP contribution < -0.4 is 0 Å². The lowest BCUT2D eigenvalue weighted by Gasteiger charge is -2.37. The van der Waals surface area contributed by atoms with Crippen LogP contribution >= 0.6 is 0 Å². The molecule has 140 valence electrons. The van der Waals surface area contributed by atoms with Gasteiger partial charge in [-0.2, -0.15) is 0 Å². The van der Waals surface area contributed by atoms with Crippen molar-refractivity contribution in [3.63, 3.8) is 0 Å². The molecule has 0 aromatic heterocycles. The molecule has 1 saturated heterocycles. The maximum Gasteiger partial charge on any atom is 0.159 e. The highest BCUT2D eigenvalue weighted by molar-refractivity contribution is 6.58. The summed E-state index contributed by atoms with van der Waals surface area (Å²) in [4.78, 5) is 0. The fourth-order valence-electron chi connectivity index (χ4n) is 5.15. The molecule has 2 aliphatic rings. The van der Waals surface area contributed by atoms with E-state index in [-0.39, 0.29) is 0 Å². The third-order valence-electron chi connectivity index (χ3n) is 6.71. The molecule has 0 atom stereocenters. The van der Waals surface area contributed by atoms with E-state index in [0.29, 0.717) is 5.92 Å². The van der Waals surface area contributed by atoms with E-state index >= 15 is 0 Å². The lowest BCUT2D eigenvalue weighted by atomic mass is 9.72. The molecule has 0 bridgehead atoms. The second kappa shape index (κ2) is 9.27. The number of methoxy groups -OCH3 is 1. The van der Waals surface area contributed by atoms with E-state index in [0.717, 1.165) is 36.8 Å². The largest absolute Gasteiger partial charge is 0.385 e. The molecule has 25 heavy (non-hydrogen) atoms. The predicted molar refractivity (Wildman–Crippen MR) is 102 cm³/mol. The van der Waals surface area contributed by atoms with Crippen LogP contribution in [0.3, 0.4) is 0 Å². The molecule has 0 unspecified atom stereocenters. The first-order chi connectivity index (χ1) is 12.2. The Balaban J connectivity index is 1.43. The van der Waals surface area contributed by atoms with Gasteiger partial charge in [-0.25, -0.2) is 8.78 Å². The maximum atomic E-state index is 13.5. The van der Waals surface area contributed by atoms with Gasteiger partial charge < -0.3 is 4.74 Å². The summed E-state index contributed by atoms with van der Waals surface area (Å²) in [5.41, 5.74) is 0.992. The van der Waals surface area contributed by atoms with Gasteiger partial charge in [0.15, 0.2) is 11.6 Å². The van der Waals surface area contributed by atoms with Crippen LogP contribution in [0.15, 0.2) is 18.2 Å². The zero-order chi connectivity index (χ0) is 17.6. The minimum atomic E-state index is -0.733. The van der Waals surface area contributed by atoms with Gasteiger partial charge in [-0.3, -0.25) is 0 Å². The SMILES string of the molecule is COCCC[Si@H]1CC[C@H](C2CCC(c3ccc(F)c(F)c3)CC2)CC1. The zero-order valence-electron chi connectivity index (χ0n) is 15.5. The van der Waals surface area contributed by atoms with Crippen molar-refractivity contribution in [2.45, 2.75) is 69.0 Å². The maximum absolute atomic E-state index is 13.5. The van der Waals surface area contributed by atoms with Crippen molar-refractivity contribution < 1.29 is 13.5 Å².